The van der Waals surface area contributed by atoms with Crippen molar-refractivity contribution in [3.8, 4) is 0 Å². The average molecular weight is 327 g/mol. The number of nitrogens with one attached hydrogen (secondary N) is 4. The highest BCUT2D eigenvalue weighted by Gasteiger charge is 2.35. The minimum absolute atomic E-state index is 0.937. The first kappa shape index (κ1) is 20.9. The van der Waals surface area contributed by atoms with Crippen molar-refractivity contribution in [2.75, 3.05) is 52.9 Å². The summed E-state index contributed by atoms with van der Waals surface area (Å²) in [5.74, 6) is 1.87. The molecule has 1 rings (SSSR count). The molecule has 4 N–H and O–H groups in total. The summed E-state index contributed by atoms with van der Waals surface area (Å²) < 4.78 is 0. The third-order valence-corrected chi connectivity index (χ3v) is 4.83. The molecule has 138 valence electrons. The maximum atomic E-state index is 3.64. The summed E-state index contributed by atoms with van der Waals surface area (Å²) in [6.45, 7) is 10.6. The number of rotatable bonds is 18. The van der Waals surface area contributed by atoms with Gasteiger partial charge < -0.3 is 21.3 Å². The second-order valence-electron chi connectivity index (χ2n) is 7.14. The van der Waals surface area contributed by atoms with Crippen molar-refractivity contribution in [1.29, 1.82) is 0 Å². The van der Waals surface area contributed by atoms with Crippen LogP contribution in [0.25, 0.3) is 0 Å². The van der Waals surface area contributed by atoms with E-state index in [0.29, 0.717) is 0 Å². The zero-order chi connectivity index (χ0) is 16.6. The zero-order valence-corrected chi connectivity index (χ0v) is 15.8. The van der Waals surface area contributed by atoms with Gasteiger partial charge in [-0.2, -0.15) is 0 Å². The van der Waals surface area contributed by atoms with Crippen LogP contribution in [0.5, 0.6) is 0 Å². The van der Waals surface area contributed by atoms with Crippen LogP contribution >= 0.6 is 0 Å². The van der Waals surface area contributed by atoms with Gasteiger partial charge in [-0.15, -0.1) is 0 Å². The fraction of sp³-hybridized carbons (Fsp3) is 1.00. The quantitative estimate of drug-likeness (QED) is 0.292. The predicted molar refractivity (Wildman–Crippen MR) is 102 cm³/mol. The molecular formula is C19H42N4. The van der Waals surface area contributed by atoms with Gasteiger partial charge in [-0.25, -0.2) is 0 Å². The Morgan fingerprint density at radius 2 is 1.13 bits per heavy atom. The average Bonchev–Trinajstić information content (AvgIpc) is 3.31. The molecule has 1 aliphatic rings. The largest absolute Gasteiger partial charge is 0.320 e. The molecule has 4 nitrogen and oxygen atoms in total. The molecule has 0 saturated heterocycles. The van der Waals surface area contributed by atoms with Crippen molar-refractivity contribution >= 4 is 0 Å². The van der Waals surface area contributed by atoms with Crippen LogP contribution in [0.1, 0.15) is 58.3 Å². The molecule has 1 aliphatic carbocycles. The Morgan fingerprint density at radius 1 is 0.652 bits per heavy atom. The zero-order valence-electron chi connectivity index (χ0n) is 15.8. The van der Waals surface area contributed by atoms with Gasteiger partial charge in [0.05, 0.1) is 0 Å². The van der Waals surface area contributed by atoms with Gasteiger partial charge in [0.15, 0.2) is 0 Å². The van der Waals surface area contributed by atoms with Gasteiger partial charge in [0.2, 0.25) is 0 Å². The highest BCUT2D eigenvalue weighted by Crippen LogP contribution is 2.36. The first-order valence-corrected chi connectivity index (χ1v) is 10.1. The van der Waals surface area contributed by atoms with E-state index in [1.807, 2.05) is 7.05 Å². The maximum Gasteiger partial charge on any atom is -0.00173 e. The molecule has 1 fully saturated rings. The summed E-state index contributed by atoms with van der Waals surface area (Å²) >= 11 is 0. The van der Waals surface area contributed by atoms with E-state index in [1.165, 1.54) is 90.6 Å². The molecule has 4 heteroatoms. The summed E-state index contributed by atoms with van der Waals surface area (Å²) in [5.41, 5.74) is 0. The van der Waals surface area contributed by atoms with Crippen LogP contribution in [0, 0.1) is 11.8 Å². The van der Waals surface area contributed by atoms with Crippen molar-refractivity contribution in [2.45, 2.75) is 58.3 Å². The summed E-state index contributed by atoms with van der Waals surface area (Å²) in [5, 5.41) is 14.0. The van der Waals surface area contributed by atoms with Crippen LogP contribution < -0.4 is 21.3 Å². The lowest BCUT2D eigenvalue weighted by atomic mass is 10.2. The number of hydrogen-bond acceptors (Lipinski definition) is 4. The molecule has 1 saturated carbocycles. The Morgan fingerprint density at radius 3 is 1.65 bits per heavy atom. The maximum absolute atomic E-state index is 3.64. The van der Waals surface area contributed by atoms with Crippen molar-refractivity contribution in [3.63, 3.8) is 0 Å². The topological polar surface area (TPSA) is 48.1 Å². The van der Waals surface area contributed by atoms with E-state index in [-0.39, 0.29) is 0 Å². The normalized spacial score (nSPS) is 20.1. The Labute approximate surface area is 145 Å². The van der Waals surface area contributed by atoms with E-state index < -0.39 is 0 Å². The Bertz CT molecular complexity index is 248. The first-order valence-electron chi connectivity index (χ1n) is 10.1. The van der Waals surface area contributed by atoms with E-state index >= 15 is 0 Å². The number of unbranched alkanes of at least 4 members (excludes halogenated alkanes) is 4. The van der Waals surface area contributed by atoms with Crippen LogP contribution in [-0.2, 0) is 0 Å². The third-order valence-electron chi connectivity index (χ3n) is 4.83. The molecule has 0 radical (unpaired) electrons. The molecule has 0 aromatic rings. The van der Waals surface area contributed by atoms with Crippen LogP contribution in [0.3, 0.4) is 0 Å². The highest BCUT2D eigenvalue weighted by molar-refractivity contribution is 4.89. The van der Waals surface area contributed by atoms with E-state index in [1.54, 1.807) is 0 Å². The monoisotopic (exact) mass is 326 g/mol. The lowest BCUT2D eigenvalue weighted by molar-refractivity contribution is 0.529. The Balaban J connectivity index is 1.72. The molecule has 0 bridgehead atoms. The third kappa shape index (κ3) is 12.9. The van der Waals surface area contributed by atoms with Crippen LogP contribution in [0.4, 0.5) is 0 Å². The second kappa shape index (κ2) is 15.4. The fourth-order valence-electron chi connectivity index (χ4n) is 3.06. The second-order valence-corrected chi connectivity index (χ2v) is 7.14. The standard InChI is InChI=1S/C19H42N4/c1-3-4-5-11-21-12-8-9-14-23-17-19-15-18(19)16-22-13-7-6-10-20-2/h18-23H,3-17H2,1-2H3/t18-,19-/m0/s1. The fourth-order valence-corrected chi connectivity index (χ4v) is 3.06. The molecule has 23 heavy (non-hydrogen) atoms. The predicted octanol–water partition coefficient (Wildman–Crippen LogP) is 2.36. The molecule has 0 aromatic carbocycles. The minimum Gasteiger partial charge on any atom is -0.320 e. The van der Waals surface area contributed by atoms with Gasteiger partial charge in [-0.1, -0.05) is 19.8 Å². The van der Waals surface area contributed by atoms with E-state index in [0.717, 1.165) is 18.4 Å². The van der Waals surface area contributed by atoms with Gasteiger partial charge in [-0.05, 0) is 103 Å². The van der Waals surface area contributed by atoms with Crippen molar-refractivity contribution < 1.29 is 0 Å². The molecule has 0 spiro atoms. The van der Waals surface area contributed by atoms with E-state index in [4.69, 9.17) is 0 Å². The van der Waals surface area contributed by atoms with Crippen LogP contribution in [0.15, 0.2) is 0 Å². The van der Waals surface area contributed by atoms with Crippen LogP contribution in [0.2, 0.25) is 0 Å². The Kier molecular flexibility index (Phi) is 14.0. The number of hydrogen-bond donors (Lipinski definition) is 4. The van der Waals surface area contributed by atoms with Gasteiger partial charge >= 0.3 is 0 Å². The molecular weight excluding hydrogens is 284 g/mol. The van der Waals surface area contributed by atoms with E-state index in [2.05, 4.69) is 28.2 Å². The molecule has 0 aliphatic heterocycles. The van der Waals surface area contributed by atoms with Gasteiger partial charge in [0.1, 0.15) is 0 Å². The smallest absolute Gasteiger partial charge is 0.00173 e. The SMILES string of the molecule is CCCCCNCCCCNC[C@@H]1C[C@H]1CNCCCCNC. The summed E-state index contributed by atoms with van der Waals surface area (Å²) in [7, 11) is 2.03. The van der Waals surface area contributed by atoms with E-state index in [9.17, 15) is 0 Å². The summed E-state index contributed by atoms with van der Waals surface area (Å²) in [6.07, 6.45) is 10.6. The highest BCUT2D eigenvalue weighted by atomic mass is 14.9. The molecule has 0 amide bonds. The summed E-state index contributed by atoms with van der Waals surface area (Å²) in [6, 6.07) is 0. The molecule has 0 unspecified atom stereocenters. The van der Waals surface area contributed by atoms with Crippen molar-refractivity contribution in [1.82, 2.24) is 21.3 Å². The van der Waals surface area contributed by atoms with Gasteiger partial charge in [0, 0.05) is 0 Å². The molecule has 0 heterocycles. The van der Waals surface area contributed by atoms with Crippen molar-refractivity contribution in [3.05, 3.63) is 0 Å². The van der Waals surface area contributed by atoms with Gasteiger partial charge in [0.25, 0.3) is 0 Å². The molecule has 0 aromatic heterocycles. The van der Waals surface area contributed by atoms with Crippen molar-refractivity contribution in [2.24, 2.45) is 11.8 Å². The summed E-state index contributed by atoms with van der Waals surface area (Å²) in [4.78, 5) is 0. The Hall–Kier alpha value is -0.160. The first-order chi connectivity index (χ1) is 11.4. The lowest BCUT2D eigenvalue weighted by Gasteiger charge is -2.07. The van der Waals surface area contributed by atoms with Gasteiger partial charge in [-0.3, -0.25) is 0 Å². The minimum atomic E-state index is 0.937. The van der Waals surface area contributed by atoms with Crippen LogP contribution in [-0.4, -0.2) is 52.9 Å². The molecule has 2 atom stereocenters. The lowest BCUT2D eigenvalue weighted by Crippen LogP contribution is -2.23.